The number of rotatable bonds is 4. The molecule has 0 radical (unpaired) electrons. The first-order chi connectivity index (χ1) is 10.7. The summed E-state index contributed by atoms with van der Waals surface area (Å²) in [6.45, 7) is 1.93. The van der Waals surface area contributed by atoms with Gasteiger partial charge in [-0.1, -0.05) is 36.4 Å². The molecule has 1 unspecified atom stereocenters. The lowest BCUT2D eigenvalue weighted by molar-refractivity contribution is 0.345. The van der Waals surface area contributed by atoms with Crippen LogP contribution < -0.4 is 4.90 Å². The highest BCUT2D eigenvalue weighted by atomic mass is 19.1. The Morgan fingerprint density at radius 1 is 1.05 bits per heavy atom. The van der Waals surface area contributed by atoms with Crippen molar-refractivity contribution in [2.24, 2.45) is 0 Å². The number of hydrogen-bond acceptors (Lipinski definition) is 2. The van der Waals surface area contributed by atoms with E-state index in [1.54, 1.807) is 0 Å². The molecule has 0 fully saturated rings. The van der Waals surface area contributed by atoms with Crippen molar-refractivity contribution >= 4 is 11.4 Å². The molecule has 0 bridgehead atoms. The third kappa shape index (κ3) is 3.00. The molecule has 116 valence electrons. The predicted octanol–water partition coefficient (Wildman–Crippen LogP) is 4.34. The van der Waals surface area contributed by atoms with Crippen molar-refractivity contribution in [3.8, 4) is 0 Å². The number of hydrogen-bond donors (Lipinski definition) is 0. The first kappa shape index (κ1) is 15.0. The Balaban J connectivity index is 2.00. The van der Waals surface area contributed by atoms with Gasteiger partial charge in [0.15, 0.2) is 0 Å². The van der Waals surface area contributed by atoms with Crippen molar-refractivity contribution in [3.63, 3.8) is 0 Å². The van der Waals surface area contributed by atoms with E-state index in [9.17, 15) is 4.39 Å². The van der Waals surface area contributed by atoms with Gasteiger partial charge in [0.25, 0.3) is 0 Å². The summed E-state index contributed by atoms with van der Waals surface area (Å²) in [7, 11) is 4.17. The summed E-state index contributed by atoms with van der Waals surface area (Å²) in [5, 5.41) is 0. The highest BCUT2D eigenvalue weighted by Crippen LogP contribution is 2.41. The summed E-state index contributed by atoms with van der Waals surface area (Å²) < 4.78 is 14.7. The van der Waals surface area contributed by atoms with Crippen LogP contribution in [-0.2, 0) is 6.42 Å². The maximum absolute atomic E-state index is 14.7. The highest BCUT2D eigenvalue weighted by Gasteiger charge is 2.25. The molecule has 1 aliphatic rings. The van der Waals surface area contributed by atoms with Crippen LogP contribution in [0.25, 0.3) is 0 Å². The van der Waals surface area contributed by atoms with E-state index in [4.69, 9.17) is 0 Å². The number of para-hydroxylation sites is 2. The summed E-state index contributed by atoms with van der Waals surface area (Å²) in [6.07, 6.45) is 0.570. The standard InChI is InChI=1S/C19H23FN2/c1-21(2)12-7-13-22-18-10-5-3-8-15(18)14-17(20)16-9-4-6-11-19(16)22/h3-6,8-11,17H,7,12-14H2,1-2H3. The van der Waals surface area contributed by atoms with Gasteiger partial charge >= 0.3 is 0 Å². The molecule has 0 amide bonds. The molecule has 3 rings (SSSR count). The largest absolute Gasteiger partial charge is 0.341 e. The number of anilines is 2. The lowest BCUT2D eigenvalue weighted by atomic mass is 10.0. The molecular weight excluding hydrogens is 275 g/mol. The Morgan fingerprint density at radius 3 is 2.50 bits per heavy atom. The molecule has 0 saturated carbocycles. The molecule has 0 aliphatic carbocycles. The van der Waals surface area contributed by atoms with Gasteiger partial charge in [-0.2, -0.15) is 0 Å². The van der Waals surface area contributed by atoms with E-state index >= 15 is 0 Å². The normalized spacial score (nSPS) is 17.1. The van der Waals surface area contributed by atoms with Gasteiger partial charge in [0.2, 0.25) is 0 Å². The first-order valence-electron chi connectivity index (χ1n) is 7.90. The smallest absolute Gasteiger partial charge is 0.131 e. The quantitative estimate of drug-likeness (QED) is 0.828. The van der Waals surface area contributed by atoms with E-state index in [-0.39, 0.29) is 0 Å². The number of halogens is 1. The van der Waals surface area contributed by atoms with Crippen LogP contribution in [0.2, 0.25) is 0 Å². The van der Waals surface area contributed by atoms with E-state index in [2.05, 4.69) is 30.0 Å². The number of alkyl halides is 1. The van der Waals surface area contributed by atoms with Crippen molar-refractivity contribution in [2.75, 3.05) is 32.1 Å². The van der Waals surface area contributed by atoms with Crippen molar-refractivity contribution in [1.82, 2.24) is 4.90 Å². The zero-order chi connectivity index (χ0) is 15.5. The SMILES string of the molecule is CN(C)CCCN1c2ccccc2CC(F)c2ccccc21. The average Bonchev–Trinajstić information content (AvgIpc) is 2.63. The van der Waals surface area contributed by atoms with Crippen molar-refractivity contribution in [2.45, 2.75) is 19.0 Å². The molecule has 1 heterocycles. The van der Waals surface area contributed by atoms with Gasteiger partial charge in [0.05, 0.1) is 0 Å². The predicted molar refractivity (Wildman–Crippen MR) is 90.6 cm³/mol. The maximum Gasteiger partial charge on any atom is 0.131 e. The summed E-state index contributed by atoms with van der Waals surface area (Å²) in [4.78, 5) is 4.47. The average molecular weight is 298 g/mol. The lowest BCUT2D eigenvalue weighted by Gasteiger charge is -2.27. The zero-order valence-corrected chi connectivity index (χ0v) is 13.3. The molecule has 2 aromatic rings. The van der Waals surface area contributed by atoms with E-state index in [1.807, 2.05) is 42.5 Å². The van der Waals surface area contributed by atoms with Crippen LogP contribution in [0.5, 0.6) is 0 Å². The van der Waals surface area contributed by atoms with E-state index in [0.717, 1.165) is 42.0 Å². The maximum atomic E-state index is 14.7. The van der Waals surface area contributed by atoms with Crippen molar-refractivity contribution in [3.05, 3.63) is 59.7 Å². The number of fused-ring (bicyclic) bond motifs is 2. The Kier molecular flexibility index (Phi) is 4.44. The van der Waals surface area contributed by atoms with Crippen LogP contribution in [0.3, 0.4) is 0 Å². The van der Waals surface area contributed by atoms with Crippen molar-refractivity contribution < 1.29 is 4.39 Å². The lowest BCUT2D eigenvalue weighted by Crippen LogP contribution is -2.24. The molecule has 0 N–H and O–H groups in total. The third-order valence-corrected chi connectivity index (χ3v) is 4.23. The van der Waals surface area contributed by atoms with E-state index < -0.39 is 6.17 Å². The fraction of sp³-hybridized carbons (Fsp3) is 0.368. The number of nitrogens with zero attached hydrogens (tertiary/aromatic N) is 2. The van der Waals surface area contributed by atoms with Gasteiger partial charge in [-0.15, -0.1) is 0 Å². The van der Waals surface area contributed by atoms with E-state index in [1.165, 1.54) is 0 Å². The van der Waals surface area contributed by atoms with Crippen LogP contribution in [0.15, 0.2) is 48.5 Å². The second kappa shape index (κ2) is 6.49. The molecule has 2 nitrogen and oxygen atoms in total. The summed E-state index contributed by atoms with van der Waals surface area (Å²) in [5.41, 5.74) is 4.06. The molecule has 1 aliphatic heterocycles. The molecule has 22 heavy (non-hydrogen) atoms. The summed E-state index contributed by atoms with van der Waals surface area (Å²) in [5.74, 6) is 0. The molecule has 0 aromatic heterocycles. The minimum Gasteiger partial charge on any atom is -0.341 e. The molecule has 3 heteroatoms. The van der Waals surface area contributed by atoms with Crippen LogP contribution >= 0.6 is 0 Å². The molecule has 1 atom stereocenters. The Labute approximate surface area is 132 Å². The fourth-order valence-corrected chi connectivity index (χ4v) is 3.16. The van der Waals surface area contributed by atoms with Crippen LogP contribution in [0.1, 0.15) is 23.7 Å². The minimum absolute atomic E-state index is 0.456. The Bertz CT molecular complexity index is 639. The van der Waals surface area contributed by atoms with Gasteiger partial charge in [-0.25, -0.2) is 4.39 Å². The van der Waals surface area contributed by atoms with Gasteiger partial charge in [0.1, 0.15) is 6.17 Å². The molecule has 0 spiro atoms. The van der Waals surface area contributed by atoms with Gasteiger partial charge in [0, 0.05) is 29.9 Å². The zero-order valence-electron chi connectivity index (χ0n) is 13.3. The topological polar surface area (TPSA) is 6.48 Å². The van der Waals surface area contributed by atoms with Crippen LogP contribution in [-0.4, -0.2) is 32.1 Å². The van der Waals surface area contributed by atoms with Gasteiger partial charge in [-0.05, 0) is 44.8 Å². The third-order valence-electron chi connectivity index (χ3n) is 4.23. The van der Waals surface area contributed by atoms with Crippen molar-refractivity contribution in [1.29, 1.82) is 0 Å². The minimum atomic E-state index is -0.934. The van der Waals surface area contributed by atoms with Crippen LogP contribution in [0, 0.1) is 0 Å². The Hall–Kier alpha value is -1.87. The second-order valence-electron chi connectivity index (χ2n) is 6.17. The van der Waals surface area contributed by atoms with E-state index in [0.29, 0.717) is 6.42 Å². The summed E-state index contributed by atoms with van der Waals surface area (Å²) >= 11 is 0. The monoisotopic (exact) mass is 298 g/mol. The van der Waals surface area contributed by atoms with Gasteiger partial charge < -0.3 is 9.80 Å². The fourth-order valence-electron chi connectivity index (χ4n) is 3.16. The van der Waals surface area contributed by atoms with Gasteiger partial charge in [-0.3, -0.25) is 0 Å². The molecule has 2 aromatic carbocycles. The molecular formula is C19H23FN2. The summed E-state index contributed by atoms with van der Waals surface area (Å²) in [6, 6.07) is 16.1. The Morgan fingerprint density at radius 2 is 1.73 bits per heavy atom. The van der Waals surface area contributed by atoms with Crippen LogP contribution in [0.4, 0.5) is 15.8 Å². The first-order valence-corrected chi connectivity index (χ1v) is 7.90. The second-order valence-corrected chi connectivity index (χ2v) is 6.17. The molecule has 0 saturated heterocycles. The highest BCUT2D eigenvalue weighted by molar-refractivity contribution is 5.71. The number of benzene rings is 2.